The molecule has 0 amide bonds. The van der Waals surface area contributed by atoms with E-state index in [1.165, 1.54) is 34.2 Å². The minimum absolute atomic E-state index is 0.0624. The molecule has 0 radical (unpaired) electrons. The first-order valence-electron chi connectivity index (χ1n) is 11.6. The molecule has 11 heteroatoms. The third-order valence-electron chi connectivity index (χ3n) is 5.97. The number of nitrogens with zero attached hydrogens (tertiary/aromatic N) is 5. The number of rotatable bonds is 6. The van der Waals surface area contributed by atoms with Gasteiger partial charge >= 0.3 is 0 Å². The second-order valence-corrected chi connectivity index (χ2v) is 11.0. The highest BCUT2D eigenvalue weighted by atomic mass is 35.5. The highest BCUT2D eigenvalue weighted by Crippen LogP contribution is 2.30. The number of hydrogen-bond donors (Lipinski definition) is 1. The van der Waals surface area contributed by atoms with Crippen LogP contribution in [0.4, 0.5) is 0 Å². The van der Waals surface area contributed by atoms with Gasteiger partial charge in [0.25, 0.3) is 10.0 Å². The summed E-state index contributed by atoms with van der Waals surface area (Å²) in [6.07, 6.45) is 0.155. The van der Waals surface area contributed by atoms with E-state index in [0.29, 0.717) is 15.8 Å². The molecular formula is C27H24Cl2N6O2S. The molecule has 0 bridgehead atoms. The second-order valence-electron chi connectivity index (χ2n) is 8.56. The fraction of sp³-hybridized carbons (Fsp3) is 0.185. The van der Waals surface area contributed by atoms with E-state index in [4.69, 9.17) is 39.0 Å². The topological polar surface area (TPSA) is 113 Å². The maximum Gasteiger partial charge on any atom is 0.284 e. The summed E-state index contributed by atoms with van der Waals surface area (Å²) >= 11 is 12.0. The van der Waals surface area contributed by atoms with Gasteiger partial charge in [0.05, 0.1) is 29.6 Å². The average molecular weight is 568 g/mol. The van der Waals surface area contributed by atoms with E-state index in [-0.39, 0.29) is 42.0 Å². The molecule has 194 valence electrons. The van der Waals surface area contributed by atoms with Crippen molar-refractivity contribution >= 4 is 50.6 Å². The first kappa shape index (κ1) is 27.3. The van der Waals surface area contributed by atoms with Gasteiger partial charge in [-0.05, 0) is 47.5 Å². The summed E-state index contributed by atoms with van der Waals surface area (Å²) in [6, 6.07) is 24.7. The smallest absolute Gasteiger partial charge is 0.284 e. The summed E-state index contributed by atoms with van der Waals surface area (Å²) in [5, 5.41) is 25.0. The predicted molar refractivity (Wildman–Crippen MR) is 151 cm³/mol. The van der Waals surface area contributed by atoms with Crippen LogP contribution in [-0.4, -0.2) is 55.8 Å². The molecule has 1 aliphatic rings. The molecule has 0 aromatic heterocycles. The Kier molecular flexibility index (Phi) is 8.47. The van der Waals surface area contributed by atoms with Gasteiger partial charge in [0.15, 0.2) is 5.84 Å². The highest BCUT2D eigenvalue weighted by Gasteiger charge is 2.34. The molecule has 0 saturated carbocycles. The second kappa shape index (κ2) is 11.8. The molecule has 3 aromatic rings. The number of halogens is 2. The van der Waals surface area contributed by atoms with Crippen molar-refractivity contribution in [3.8, 4) is 6.07 Å². The zero-order chi connectivity index (χ0) is 27.3. The van der Waals surface area contributed by atoms with Gasteiger partial charge in [0, 0.05) is 29.6 Å². The number of nitriles is 1. The van der Waals surface area contributed by atoms with Crippen LogP contribution in [-0.2, 0) is 10.0 Å². The van der Waals surface area contributed by atoms with E-state index in [9.17, 15) is 8.42 Å². The zero-order valence-corrected chi connectivity index (χ0v) is 22.7. The van der Waals surface area contributed by atoms with Gasteiger partial charge in [-0.1, -0.05) is 65.7 Å². The van der Waals surface area contributed by atoms with Crippen LogP contribution in [0.25, 0.3) is 0 Å². The van der Waals surface area contributed by atoms with Crippen molar-refractivity contribution in [1.29, 1.82) is 10.7 Å². The minimum atomic E-state index is -4.21. The Hall–Kier alpha value is -3.71. The lowest BCUT2D eigenvalue weighted by Gasteiger charge is -2.24. The average Bonchev–Trinajstić information content (AvgIpc) is 3.36. The van der Waals surface area contributed by atoms with Crippen LogP contribution in [0.5, 0.6) is 0 Å². The van der Waals surface area contributed by atoms with Crippen molar-refractivity contribution in [2.24, 2.45) is 9.50 Å². The Morgan fingerprint density at radius 3 is 2.29 bits per heavy atom. The highest BCUT2D eigenvalue weighted by molar-refractivity contribution is 7.90. The molecule has 38 heavy (non-hydrogen) atoms. The van der Waals surface area contributed by atoms with Gasteiger partial charge in [-0.2, -0.15) is 18.8 Å². The maximum absolute atomic E-state index is 13.3. The third-order valence-corrected chi connectivity index (χ3v) is 7.76. The van der Waals surface area contributed by atoms with Gasteiger partial charge in [-0.3, -0.25) is 5.41 Å². The summed E-state index contributed by atoms with van der Waals surface area (Å²) in [5.41, 5.74) is 2.49. The Morgan fingerprint density at radius 1 is 1.08 bits per heavy atom. The van der Waals surface area contributed by atoms with E-state index >= 15 is 0 Å². The fourth-order valence-corrected chi connectivity index (χ4v) is 5.19. The molecule has 8 nitrogen and oxygen atoms in total. The lowest BCUT2D eigenvalue weighted by molar-refractivity contribution is 0.462. The standard InChI is InChI=1S/C27H24Cl2N6O2S/c1-34(17-5-16-30)26(31)27(33-38(36,37)23-14-12-22(29)13-15-23)35-18-24(19-6-3-2-4-7-19)25(32-35)20-8-10-21(28)11-9-20/h2-4,6-15,24,31H,5,17-18H2,1H3/b31-26?,33-27+. The summed E-state index contributed by atoms with van der Waals surface area (Å²) in [7, 11) is -2.60. The van der Waals surface area contributed by atoms with Crippen molar-refractivity contribution in [2.45, 2.75) is 17.2 Å². The van der Waals surface area contributed by atoms with Gasteiger partial charge < -0.3 is 4.90 Å². The first-order chi connectivity index (χ1) is 18.2. The molecule has 1 heterocycles. The van der Waals surface area contributed by atoms with Crippen LogP contribution in [0.15, 0.2) is 93.3 Å². The zero-order valence-electron chi connectivity index (χ0n) is 20.4. The summed E-state index contributed by atoms with van der Waals surface area (Å²) < 4.78 is 30.7. The van der Waals surface area contributed by atoms with Crippen molar-refractivity contribution in [1.82, 2.24) is 9.91 Å². The molecule has 0 aliphatic carbocycles. The van der Waals surface area contributed by atoms with E-state index in [0.717, 1.165) is 11.1 Å². The quantitative estimate of drug-likeness (QED) is 0.316. The lowest BCUT2D eigenvalue weighted by Crippen LogP contribution is -2.42. The van der Waals surface area contributed by atoms with Crippen LogP contribution < -0.4 is 0 Å². The molecule has 3 aromatic carbocycles. The number of hydrazone groups is 1. The molecular weight excluding hydrogens is 543 g/mol. The summed E-state index contributed by atoms with van der Waals surface area (Å²) in [6.45, 7) is 0.477. The van der Waals surface area contributed by atoms with E-state index in [2.05, 4.69) is 4.40 Å². The Bertz CT molecular complexity index is 1520. The van der Waals surface area contributed by atoms with Crippen molar-refractivity contribution in [3.05, 3.63) is 100 Å². The van der Waals surface area contributed by atoms with Gasteiger partial charge in [-0.15, -0.1) is 4.40 Å². The van der Waals surface area contributed by atoms with Crippen LogP contribution in [0.1, 0.15) is 23.5 Å². The number of sulfonamides is 1. The monoisotopic (exact) mass is 566 g/mol. The number of benzene rings is 3. The summed E-state index contributed by atoms with van der Waals surface area (Å²) in [4.78, 5) is 1.42. The SMILES string of the molecule is CN(CCC#N)C(=N)/C(=N\S(=O)(=O)c1ccc(Cl)cc1)N1CC(c2ccccc2)C(c2ccc(Cl)cc2)=N1. The molecule has 0 saturated heterocycles. The van der Waals surface area contributed by atoms with Crippen molar-refractivity contribution in [3.63, 3.8) is 0 Å². The molecule has 1 N–H and O–H groups in total. The van der Waals surface area contributed by atoms with E-state index in [1.807, 2.05) is 48.5 Å². The third kappa shape index (κ3) is 6.22. The van der Waals surface area contributed by atoms with E-state index < -0.39 is 10.0 Å². The normalized spacial score (nSPS) is 15.6. The van der Waals surface area contributed by atoms with Crippen LogP contribution in [0.2, 0.25) is 10.0 Å². The molecule has 4 rings (SSSR count). The van der Waals surface area contributed by atoms with Crippen molar-refractivity contribution in [2.75, 3.05) is 20.1 Å². The Labute approximate surface area is 232 Å². The predicted octanol–water partition coefficient (Wildman–Crippen LogP) is 5.41. The first-order valence-corrected chi connectivity index (χ1v) is 13.8. The lowest BCUT2D eigenvalue weighted by atomic mass is 9.91. The van der Waals surface area contributed by atoms with Gasteiger partial charge in [-0.25, -0.2) is 5.01 Å². The fourth-order valence-electron chi connectivity index (χ4n) is 3.95. The van der Waals surface area contributed by atoms with Crippen LogP contribution in [0, 0.1) is 16.7 Å². The summed E-state index contributed by atoms with van der Waals surface area (Å²) in [5.74, 6) is -0.547. The van der Waals surface area contributed by atoms with Crippen molar-refractivity contribution < 1.29 is 8.42 Å². The Morgan fingerprint density at radius 2 is 1.68 bits per heavy atom. The van der Waals surface area contributed by atoms with Crippen LogP contribution >= 0.6 is 23.2 Å². The van der Waals surface area contributed by atoms with E-state index in [1.54, 1.807) is 19.2 Å². The number of amidine groups is 2. The van der Waals surface area contributed by atoms with Gasteiger partial charge in [0.2, 0.25) is 5.84 Å². The number of likely N-dealkylation sites (N-methyl/N-ethyl adjacent to an activating group) is 1. The number of nitrogens with one attached hydrogen (secondary N) is 1. The van der Waals surface area contributed by atoms with Crippen LogP contribution in [0.3, 0.4) is 0 Å². The molecule has 0 spiro atoms. The Balaban J connectivity index is 1.82. The minimum Gasteiger partial charge on any atom is -0.356 e. The molecule has 1 aliphatic heterocycles. The molecule has 1 atom stereocenters. The maximum atomic E-state index is 13.3. The molecule has 0 fully saturated rings. The number of hydrogen-bond acceptors (Lipinski definition) is 5. The molecule has 1 unspecified atom stereocenters. The largest absolute Gasteiger partial charge is 0.356 e. The van der Waals surface area contributed by atoms with Gasteiger partial charge in [0.1, 0.15) is 0 Å².